The maximum Gasteiger partial charge on any atom is 0.101 e. The van der Waals surface area contributed by atoms with Crippen molar-refractivity contribution in [2.45, 2.75) is 0 Å². The van der Waals surface area contributed by atoms with Crippen LogP contribution in [-0.2, 0) is 0 Å². The summed E-state index contributed by atoms with van der Waals surface area (Å²) >= 11 is 0. The zero-order chi connectivity index (χ0) is 9.80. The molecule has 2 heterocycles. The number of aromatic nitrogens is 2. The van der Waals surface area contributed by atoms with Crippen LogP contribution in [0.1, 0.15) is 5.56 Å². The highest BCUT2D eigenvalue weighted by atomic mass is 14.7. The predicted octanol–water partition coefficient (Wildman–Crippen LogP) is 1.82. The quantitative estimate of drug-likeness (QED) is 0.672. The Labute approximate surface area is 81.7 Å². The van der Waals surface area contributed by atoms with E-state index in [2.05, 4.69) is 16.2 Å². The minimum absolute atomic E-state index is 0.535. The standard InChI is InChI=1S/C11H6N3/c12-6-9-5-10(8-13-7-9)11-3-1-2-4-14-11/h1-3,5,7-8H. The van der Waals surface area contributed by atoms with E-state index in [4.69, 9.17) is 5.26 Å². The van der Waals surface area contributed by atoms with E-state index in [1.54, 1.807) is 18.3 Å². The Morgan fingerprint density at radius 3 is 3.00 bits per heavy atom. The van der Waals surface area contributed by atoms with Crippen molar-refractivity contribution >= 4 is 0 Å². The van der Waals surface area contributed by atoms with Crippen molar-refractivity contribution in [3.05, 3.63) is 48.4 Å². The van der Waals surface area contributed by atoms with Gasteiger partial charge in [0.1, 0.15) is 6.07 Å². The lowest BCUT2D eigenvalue weighted by atomic mass is 10.1. The van der Waals surface area contributed by atoms with Crippen LogP contribution in [0.3, 0.4) is 0 Å². The molecule has 0 aliphatic carbocycles. The molecule has 0 saturated heterocycles. The molecule has 65 valence electrons. The van der Waals surface area contributed by atoms with Crippen LogP contribution < -0.4 is 0 Å². The number of rotatable bonds is 1. The summed E-state index contributed by atoms with van der Waals surface area (Å²) < 4.78 is 0. The maximum absolute atomic E-state index is 8.69. The van der Waals surface area contributed by atoms with Crippen LogP contribution in [0.15, 0.2) is 36.7 Å². The molecule has 0 aromatic carbocycles. The number of pyridine rings is 2. The third kappa shape index (κ3) is 1.59. The second kappa shape index (κ2) is 3.67. The molecule has 2 aromatic rings. The summed E-state index contributed by atoms with van der Waals surface area (Å²) in [5.74, 6) is 0. The van der Waals surface area contributed by atoms with E-state index in [1.165, 1.54) is 6.20 Å². The second-order valence-corrected chi connectivity index (χ2v) is 2.73. The zero-order valence-electron chi connectivity index (χ0n) is 7.31. The lowest BCUT2D eigenvalue weighted by molar-refractivity contribution is 1.26. The highest BCUT2D eigenvalue weighted by Crippen LogP contribution is 2.15. The SMILES string of the molecule is N#Cc1cncc(-c2ccc[c]n2)c1. The highest BCUT2D eigenvalue weighted by molar-refractivity contribution is 5.59. The number of nitrogens with zero attached hydrogens (tertiary/aromatic N) is 3. The Morgan fingerprint density at radius 1 is 1.36 bits per heavy atom. The Bertz CT molecular complexity index is 471. The largest absolute Gasteiger partial charge is 0.263 e. The lowest BCUT2D eigenvalue weighted by Crippen LogP contribution is -1.85. The molecule has 0 unspecified atom stereocenters. The van der Waals surface area contributed by atoms with E-state index in [-0.39, 0.29) is 0 Å². The van der Waals surface area contributed by atoms with Crippen molar-refractivity contribution in [1.82, 2.24) is 9.97 Å². The van der Waals surface area contributed by atoms with Crippen molar-refractivity contribution in [1.29, 1.82) is 5.26 Å². The van der Waals surface area contributed by atoms with Crippen LogP contribution in [0.5, 0.6) is 0 Å². The molecular weight excluding hydrogens is 174 g/mol. The Kier molecular flexibility index (Phi) is 2.20. The van der Waals surface area contributed by atoms with Gasteiger partial charge in [0.25, 0.3) is 0 Å². The monoisotopic (exact) mass is 180 g/mol. The summed E-state index contributed by atoms with van der Waals surface area (Å²) in [5.41, 5.74) is 2.14. The molecule has 14 heavy (non-hydrogen) atoms. The first kappa shape index (κ1) is 8.39. The molecule has 0 aliphatic heterocycles. The molecule has 0 N–H and O–H groups in total. The minimum atomic E-state index is 0.535. The average Bonchev–Trinajstić information content (AvgIpc) is 2.30. The van der Waals surface area contributed by atoms with Crippen molar-refractivity contribution in [2.75, 3.05) is 0 Å². The number of hydrogen-bond donors (Lipinski definition) is 0. The summed E-state index contributed by atoms with van der Waals surface area (Å²) in [6.07, 6.45) is 5.94. The van der Waals surface area contributed by atoms with Crippen LogP contribution in [0.4, 0.5) is 0 Å². The van der Waals surface area contributed by atoms with Crippen LogP contribution in [0, 0.1) is 17.5 Å². The fourth-order valence-electron chi connectivity index (χ4n) is 1.13. The topological polar surface area (TPSA) is 49.6 Å². The zero-order valence-corrected chi connectivity index (χ0v) is 7.31. The van der Waals surface area contributed by atoms with Crippen molar-refractivity contribution in [3.8, 4) is 17.3 Å². The minimum Gasteiger partial charge on any atom is -0.263 e. The maximum atomic E-state index is 8.69. The van der Waals surface area contributed by atoms with Gasteiger partial charge in [0.15, 0.2) is 0 Å². The third-order valence-corrected chi connectivity index (χ3v) is 1.77. The smallest absolute Gasteiger partial charge is 0.101 e. The van der Waals surface area contributed by atoms with E-state index in [1.807, 2.05) is 18.2 Å². The molecule has 0 atom stereocenters. The van der Waals surface area contributed by atoms with Crippen molar-refractivity contribution in [2.24, 2.45) is 0 Å². The van der Waals surface area contributed by atoms with E-state index in [9.17, 15) is 0 Å². The lowest BCUT2D eigenvalue weighted by Gasteiger charge is -1.98. The van der Waals surface area contributed by atoms with Crippen LogP contribution in [0.25, 0.3) is 11.3 Å². The van der Waals surface area contributed by atoms with E-state index < -0.39 is 0 Å². The molecule has 0 saturated carbocycles. The summed E-state index contributed by atoms with van der Waals surface area (Å²) in [7, 11) is 0. The van der Waals surface area contributed by atoms with Gasteiger partial charge < -0.3 is 0 Å². The van der Waals surface area contributed by atoms with Gasteiger partial charge in [0, 0.05) is 18.0 Å². The van der Waals surface area contributed by atoms with Gasteiger partial charge in [-0.25, -0.2) is 4.98 Å². The van der Waals surface area contributed by atoms with Crippen molar-refractivity contribution in [3.63, 3.8) is 0 Å². The van der Waals surface area contributed by atoms with Gasteiger partial charge in [-0.3, -0.25) is 4.98 Å². The van der Waals surface area contributed by atoms with E-state index >= 15 is 0 Å². The summed E-state index contributed by atoms with van der Waals surface area (Å²) in [5, 5.41) is 8.69. The van der Waals surface area contributed by atoms with Gasteiger partial charge in [-0.2, -0.15) is 5.26 Å². The van der Waals surface area contributed by atoms with Crippen LogP contribution >= 0.6 is 0 Å². The first-order chi connectivity index (χ1) is 6.90. The van der Waals surface area contributed by atoms with Crippen molar-refractivity contribution < 1.29 is 0 Å². The summed E-state index contributed by atoms with van der Waals surface area (Å²) in [6.45, 7) is 0. The molecule has 0 amide bonds. The molecule has 3 nitrogen and oxygen atoms in total. The first-order valence-corrected chi connectivity index (χ1v) is 4.09. The van der Waals surface area contributed by atoms with Crippen LogP contribution in [-0.4, -0.2) is 9.97 Å². The molecule has 3 heteroatoms. The van der Waals surface area contributed by atoms with Gasteiger partial charge >= 0.3 is 0 Å². The molecule has 2 aromatic heterocycles. The van der Waals surface area contributed by atoms with E-state index in [0.717, 1.165) is 11.3 Å². The fraction of sp³-hybridized carbons (Fsp3) is 0. The number of nitriles is 1. The van der Waals surface area contributed by atoms with Gasteiger partial charge in [0.2, 0.25) is 0 Å². The molecule has 0 spiro atoms. The Balaban J connectivity index is 2.49. The Hall–Kier alpha value is -2.21. The highest BCUT2D eigenvalue weighted by Gasteiger charge is 1.99. The molecule has 0 fully saturated rings. The van der Waals surface area contributed by atoms with Gasteiger partial charge in [-0.05, 0) is 18.2 Å². The van der Waals surface area contributed by atoms with Gasteiger partial charge in [0.05, 0.1) is 17.5 Å². The second-order valence-electron chi connectivity index (χ2n) is 2.73. The molecule has 2 rings (SSSR count). The molecule has 0 aliphatic rings. The molecular formula is C11H6N3. The first-order valence-electron chi connectivity index (χ1n) is 4.09. The molecule has 1 radical (unpaired) electrons. The predicted molar refractivity (Wildman–Crippen MR) is 51.0 cm³/mol. The fourth-order valence-corrected chi connectivity index (χ4v) is 1.13. The van der Waals surface area contributed by atoms with Gasteiger partial charge in [-0.1, -0.05) is 6.07 Å². The normalized spacial score (nSPS) is 9.36. The average molecular weight is 180 g/mol. The summed E-state index contributed by atoms with van der Waals surface area (Å²) in [4.78, 5) is 8.01. The number of hydrogen-bond acceptors (Lipinski definition) is 3. The third-order valence-electron chi connectivity index (χ3n) is 1.77. The molecule has 0 bridgehead atoms. The van der Waals surface area contributed by atoms with E-state index in [0.29, 0.717) is 5.56 Å². The Morgan fingerprint density at radius 2 is 2.29 bits per heavy atom. The summed E-state index contributed by atoms with van der Waals surface area (Å²) in [6, 6.07) is 9.22. The van der Waals surface area contributed by atoms with Crippen LogP contribution in [0.2, 0.25) is 0 Å². The van der Waals surface area contributed by atoms with Gasteiger partial charge in [-0.15, -0.1) is 0 Å².